The minimum Gasteiger partial charge on any atom is -0.497 e. The zero-order valence-corrected chi connectivity index (χ0v) is 16.0. The summed E-state index contributed by atoms with van der Waals surface area (Å²) >= 11 is 0. The Morgan fingerprint density at radius 3 is 2.56 bits per heavy atom. The Hall–Kier alpha value is -1.80. The number of amides is 1. The maximum absolute atomic E-state index is 12.6. The third kappa shape index (κ3) is 5.09. The van der Waals surface area contributed by atoms with Crippen LogP contribution in [0.25, 0.3) is 0 Å². The van der Waals surface area contributed by atoms with Crippen LogP contribution >= 0.6 is 0 Å². The van der Waals surface area contributed by atoms with Gasteiger partial charge >= 0.3 is 0 Å². The SMILES string of the molecule is COc1cccc(N([C@@H](C)C(=O)NC2CCN(C)CC2)S(C)(=O)=O)c1. The summed E-state index contributed by atoms with van der Waals surface area (Å²) in [5, 5.41) is 2.99. The number of benzene rings is 1. The Labute approximate surface area is 150 Å². The molecule has 0 unspecified atom stereocenters. The van der Waals surface area contributed by atoms with Gasteiger partial charge in [0.15, 0.2) is 0 Å². The Balaban J connectivity index is 2.18. The third-order valence-corrected chi connectivity index (χ3v) is 5.70. The van der Waals surface area contributed by atoms with Crippen molar-refractivity contribution >= 4 is 21.6 Å². The van der Waals surface area contributed by atoms with Gasteiger partial charge in [0.2, 0.25) is 15.9 Å². The summed E-state index contributed by atoms with van der Waals surface area (Å²) in [6.07, 6.45) is 2.84. The lowest BCUT2D eigenvalue weighted by Gasteiger charge is -2.33. The molecule has 140 valence electrons. The normalized spacial score (nSPS) is 17.8. The quantitative estimate of drug-likeness (QED) is 0.811. The lowest BCUT2D eigenvalue weighted by molar-refractivity contribution is -0.122. The first-order chi connectivity index (χ1) is 11.7. The summed E-state index contributed by atoms with van der Waals surface area (Å²) < 4.78 is 30.9. The molecule has 0 radical (unpaired) electrons. The zero-order valence-electron chi connectivity index (χ0n) is 15.2. The van der Waals surface area contributed by atoms with Crippen LogP contribution in [0.5, 0.6) is 5.75 Å². The van der Waals surface area contributed by atoms with E-state index in [0.717, 1.165) is 36.5 Å². The molecule has 8 heteroatoms. The van der Waals surface area contributed by atoms with Crippen LogP contribution in [0.15, 0.2) is 24.3 Å². The molecule has 1 aromatic rings. The predicted octanol–water partition coefficient (Wildman–Crippen LogP) is 1.06. The minimum atomic E-state index is -3.63. The predicted molar refractivity (Wildman–Crippen MR) is 98.4 cm³/mol. The van der Waals surface area contributed by atoms with E-state index in [-0.39, 0.29) is 11.9 Å². The van der Waals surface area contributed by atoms with Gasteiger partial charge in [-0.15, -0.1) is 0 Å². The highest BCUT2D eigenvalue weighted by Crippen LogP contribution is 2.25. The highest BCUT2D eigenvalue weighted by atomic mass is 32.2. The topological polar surface area (TPSA) is 79.0 Å². The maximum atomic E-state index is 12.6. The number of ether oxygens (including phenoxy) is 1. The second-order valence-electron chi connectivity index (χ2n) is 6.52. The van der Waals surface area contributed by atoms with Crippen molar-refractivity contribution in [2.75, 3.05) is 37.8 Å². The first kappa shape index (κ1) is 19.5. The van der Waals surface area contributed by atoms with E-state index in [2.05, 4.69) is 17.3 Å². The van der Waals surface area contributed by atoms with Crippen molar-refractivity contribution in [1.29, 1.82) is 0 Å². The van der Waals surface area contributed by atoms with E-state index in [1.165, 1.54) is 7.11 Å². The number of carbonyl (C=O) groups excluding carboxylic acids is 1. The maximum Gasteiger partial charge on any atom is 0.243 e. The lowest BCUT2D eigenvalue weighted by Crippen LogP contribution is -2.52. The van der Waals surface area contributed by atoms with Gasteiger partial charge < -0.3 is 15.0 Å². The molecule has 1 aliphatic heterocycles. The standard InChI is InChI=1S/C17H27N3O4S/c1-13(17(21)18-14-8-10-19(2)11-9-14)20(25(4,22)23)15-6-5-7-16(12-15)24-3/h5-7,12-14H,8-11H2,1-4H3,(H,18,21)/t13-/m0/s1. The summed E-state index contributed by atoms with van der Waals surface area (Å²) in [6.45, 7) is 3.45. The van der Waals surface area contributed by atoms with Crippen LogP contribution in [-0.2, 0) is 14.8 Å². The molecule has 0 saturated carbocycles. The van der Waals surface area contributed by atoms with Gasteiger partial charge in [-0.05, 0) is 52.0 Å². The molecule has 0 aromatic heterocycles. The van der Waals surface area contributed by atoms with Crippen molar-refractivity contribution in [1.82, 2.24) is 10.2 Å². The van der Waals surface area contributed by atoms with Crippen LogP contribution in [0.1, 0.15) is 19.8 Å². The van der Waals surface area contributed by atoms with Gasteiger partial charge in [-0.2, -0.15) is 0 Å². The Morgan fingerprint density at radius 1 is 1.36 bits per heavy atom. The number of methoxy groups -OCH3 is 1. The lowest BCUT2D eigenvalue weighted by atomic mass is 10.1. The van der Waals surface area contributed by atoms with Crippen molar-refractivity contribution in [2.45, 2.75) is 31.8 Å². The van der Waals surface area contributed by atoms with Crippen LogP contribution in [0, 0.1) is 0 Å². The van der Waals surface area contributed by atoms with E-state index in [9.17, 15) is 13.2 Å². The molecule has 0 spiro atoms. The monoisotopic (exact) mass is 369 g/mol. The molecular formula is C17H27N3O4S. The van der Waals surface area contributed by atoms with E-state index >= 15 is 0 Å². The van der Waals surface area contributed by atoms with Gasteiger partial charge in [-0.3, -0.25) is 9.10 Å². The third-order valence-electron chi connectivity index (χ3n) is 4.46. The largest absolute Gasteiger partial charge is 0.497 e. The molecule has 0 bridgehead atoms. The van der Waals surface area contributed by atoms with Crippen LogP contribution in [0.4, 0.5) is 5.69 Å². The number of likely N-dealkylation sites (tertiary alicyclic amines) is 1. The van der Waals surface area contributed by atoms with E-state index in [1.54, 1.807) is 31.2 Å². The van der Waals surface area contributed by atoms with E-state index in [0.29, 0.717) is 11.4 Å². The molecule has 25 heavy (non-hydrogen) atoms. The first-order valence-electron chi connectivity index (χ1n) is 8.34. The fraction of sp³-hybridized carbons (Fsp3) is 0.588. The number of anilines is 1. The van der Waals surface area contributed by atoms with Gasteiger partial charge in [0, 0.05) is 12.1 Å². The number of nitrogens with zero attached hydrogens (tertiary/aromatic N) is 2. The minimum absolute atomic E-state index is 0.0814. The van der Waals surface area contributed by atoms with Crippen molar-refractivity contribution in [3.05, 3.63) is 24.3 Å². The Kier molecular flexibility index (Phi) is 6.29. The van der Waals surface area contributed by atoms with Gasteiger partial charge in [0.1, 0.15) is 11.8 Å². The Morgan fingerprint density at radius 2 is 2.00 bits per heavy atom. The van der Waals surface area contributed by atoms with Crippen LogP contribution in [0.2, 0.25) is 0 Å². The molecule has 0 aliphatic carbocycles. The van der Waals surface area contributed by atoms with Gasteiger partial charge in [0.25, 0.3) is 0 Å². The van der Waals surface area contributed by atoms with Crippen LogP contribution in [-0.4, -0.2) is 64.8 Å². The van der Waals surface area contributed by atoms with Crippen molar-refractivity contribution in [3.8, 4) is 5.75 Å². The fourth-order valence-electron chi connectivity index (χ4n) is 3.03. The molecule has 2 rings (SSSR count). The smallest absolute Gasteiger partial charge is 0.243 e. The van der Waals surface area contributed by atoms with Crippen molar-refractivity contribution in [2.24, 2.45) is 0 Å². The van der Waals surface area contributed by atoms with Crippen molar-refractivity contribution in [3.63, 3.8) is 0 Å². The van der Waals surface area contributed by atoms with E-state index in [1.807, 2.05) is 0 Å². The van der Waals surface area contributed by atoms with Gasteiger partial charge in [-0.25, -0.2) is 8.42 Å². The summed E-state index contributed by atoms with van der Waals surface area (Å²) in [7, 11) is -0.0636. The molecule has 1 fully saturated rings. The molecule has 1 heterocycles. The highest BCUT2D eigenvalue weighted by Gasteiger charge is 2.31. The number of piperidine rings is 1. The molecular weight excluding hydrogens is 342 g/mol. The highest BCUT2D eigenvalue weighted by molar-refractivity contribution is 7.92. The van der Waals surface area contributed by atoms with Crippen molar-refractivity contribution < 1.29 is 17.9 Å². The molecule has 1 atom stereocenters. The number of hydrogen-bond donors (Lipinski definition) is 1. The van der Waals surface area contributed by atoms with Gasteiger partial charge in [-0.1, -0.05) is 6.07 Å². The molecule has 7 nitrogen and oxygen atoms in total. The molecule has 1 aromatic carbocycles. The number of rotatable bonds is 6. The zero-order chi connectivity index (χ0) is 18.6. The second-order valence-corrected chi connectivity index (χ2v) is 8.38. The van der Waals surface area contributed by atoms with Gasteiger partial charge in [0.05, 0.1) is 19.1 Å². The van der Waals surface area contributed by atoms with Crippen LogP contribution in [0.3, 0.4) is 0 Å². The summed E-state index contributed by atoms with van der Waals surface area (Å²) in [5.74, 6) is 0.247. The molecule has 1 saturated heterocycles. The number of carbonyl (C=O) groups is 1. The summed E-state index contributed by atoms with van der Waals surface area (Å²) in [4.78, 5) is 14.9. The summed E-state index contributed by atoms with van der Waals surface area (Å²) in [5.41, 5.74) is 0.410. The van der Waals surface area contributed by atoms with E-state index < -0.39 is 16.1 Å². The number of nitrogens with one attached hydrogen (secondary N) is 1. The van der Waals surface area contributed by atoms with Crippen LogP contribution < -0.4 is 14.4 Å². The molecule has 1 aliphatic rings. The molecule has 1 N–H and O–H groups in total. The number of hydrogen-bond acceptors (Lipinski definition) is 5. The average Bonchev–Trinajstić information content (AvgIpc) is 2.56. The second kappa shape index (κ2) is 8.05. The Bertz CT molecular complexity index is 700. The number of sulfonamides is 1. The molecule has 1 amide bonds. The van der Waals surface area contributed by atoms with E-state index in [4.69, 9.17) is 4.74 Å². The fourth-order valence-corrected chi connectivity index (χ4v) is 4.20. The first-order valence-corrected chi connectivity index (χ1v) is 10.2. The average molecular weight is 369 g/mol. The summed E-state index contributed by atoms with van der Waals surface area (Å²) in [6, 6.07) is 5.93.